The van der Waals surface area contributed by atoms with Gasteiger partial charge in [0.15, 0.2) is 0 Å². The molecular formula is C14H26N2O. The molecule has 0 radical (unpaired) electrons. The van der Waals surface area contributed by atoms with Crippen LogP contribution >= 0.6 is 0 Å². The van der Waals surface area contributed by atoms with E-state index in [0.717, 1.165) is 38.5 Å². The number of hydrogen-bond acceptors (Lipinski definition) is 2. The lowest BCUT2D eigenvalue weighted by Gasteiger charge is -2.38. The Morgan fingerprint density at radius 1 is 1.24 bits per heavy atom. The van der Waals surface area contributed by atoms with Gasteiger partial charge in [-0.3, -0.25) is 9.69 Å². The first-order valence-electron chi connectivity index (χ1n) is 7.22. The molecule has 0 aromatic rings. The van der Waals surface area contributed by atoms with E-state index in [4.69, 9.17) is 0 Å². The normalized spacial score (nSPS) is 23.8. The molecule has 1 heterocycles. The second-order valence-electron chi connectivity index (χ2n) is 5.70. The van der Waals surface area contributed by atoms with E-state index in [0.29, 0.717) is 11.9 Å². The fourth-order valence-electron chi connectivity index (χ4n) is 2.71. The van der Waals surface area contributed by atoms with Gasteiger partial charge in [-0.05, 0) is 32.1 Å². The van der Waals surface area contributed by atoms with Gasteiger partial charge in [0.1, 0.15) is 0 Å². The largest absolute Gasteiger partial charge is 0.340 e. The van der Waals surface area contributed by atoms with Gasteiger partial charge < -0.3 is 4.90 Å². The summed E-state index contributed by atoms with van der Waals surface area (Å²) < 4.78 is 0. The SMILES string of the molecule is CCCC(C)N1CCN(C(=O)CC2CC2)CC1. The van der Waals surface area contributed by atoms with E-state index >= 15 is 0 Å². The number of carbonyl (C=O) groups excluding carboxylic acids is 1. The number of amides is 1. The molecule has 1 atom stereocenters. The molecule has 1 amide bonds. The predicted molar refractivity (Wildman–Crippen MR) is 69.9 cm³/mol. The fraction of sp³-hybridized carbons (Fsp3) is 0.929. The third-order valence-corrected chi connectivity index (χ3v) is 4.16. The number of rotatable bonds is 5. The lowest BCUT2D eigenvalue weighted by Crippen LogP contribution is -2.51. The molecule has 2 rings (SSSR count). The van der Waals surface area contributed by atoms with Crippen LogP contribution in [0.3, 0.4) is 0 Å². The monoisotopic (exact) mass is 238 g/mol. The summed E-state index contributed by atoms with van der Waals surface area (Å²) in [4.78, 5) is 16.6. The topological polar surface area (TPSA) is 23.6 Å². The molecule has 98 valence electrons. The van der Waals surface area contributed by atoms with Crippen molar-refractivity contribution in [3.63, 3.8) is 0 Å². The molecular weight excluding hydrogens is 212 g/mol. The first-order valence-corrected chi connectivity index (χ1v) is 7.22. The average Bonchev–Trinajstić information content (AvgIpc) is 3.13. The van der Waals surface area contributed by atoms with Crippen molar-refractivity contribution < 1.29 is 4.79 Å². The van der Waals surface area contributed by atoms with Gasteiger partial charge >= 0.3 is 0 Å². The van der Waals surface area contributed by atoms with Crippen LogP contribution in [0, 0.1) is 5.92 Å². The molecule has 1 aliphatic heterocycles. The van der Waals surface area contributed by atoms with Gasteiger partial charge in [-0.25, -0.2) is 0 Å². The first kappa shape index (κ1) is 12.9. The van der Waals surface area contributed by atoms with Gasteiger partial charge in [-0.1, -0.05) is 13.3 Å². The van der Waals surface area contributed by atoms with Crippen LogP contribution in [0.1, 0.15) is 46.0 Å². The fourth-order valence-corrected chi connectivity index (χ4v) is 2.71. The van der Waals surface area contributed by atoms with Gasteiger partial charge in [0.25, 0.3) is 0 Å². The smallest absolute Gasteiger partial charge is 0.222 e. The van der Waals surface area contributed by atoms with Crippen LogP contribution in [0.5, 0.6) is 0 Å². The zero-order chi connectivity index (χ0) is 12.3. The Kier molecular flexibility index (Phi) is 4.43. The average molecular weight is 238 g/mol. The molecule has 0 aromatic heterocycles. The standard InChI is InChI=1S/C14H26N2O/c1-3-4-12(2)15-7-9-16(10-8-15)14(17)11-13-5-6-13/h12-13H,3-11H2,1-2H3. The molecule has 2 aliphatic rings. The van der Waals surface area contributed by atoms with Gasteiger partial charge in [0.2, 0.25) is 5.91 Å². The van der Waals surface area contributed by atoms with Crippen molar-refractivity contribution >= 4 is 5.91 Å². The molecule has 0 N–H and O–H groups in total. The molecule has 0 bridgehead atoms. The Morgan fingerprint density at radius 3 is 2.41 bits per heavy atom. The van der Waals surface area contributed by atoms with E-state index in [1.54, 1.807) is 0 Å². The van der Waals surface area contributed by atoms with E-state index in [-0.39, 0.29) is 0 Å². The lowest BCUT2D eigenvalue weighted by molar-refractivity contribution is -0.133. The van der Waals surface area contributed by atoms with Crippen molar-refractivity contribution in [3.05, 3.63) is 0 Å². The zero-order valence-corrected chi connectivity index (χ0v) is 11.3. The van der Waals surface area contributed by atoms with Gasteiger partial charge in [-0.15, -0.1) is 0 Å². The maximum atomic E-state index is 12.0. The second kappa shape index (κ2) is 5.85. The van der Waals surface area contributed by atoms with E-state index in [9.17, 15) is 4.79 Å². The summed E-state index contributed by atoms with van der Waals surface area (Å²) in [5.74, 6) is 1.12. The number of piperazine rings is 1. The van der Waals surface area contributed by atoms with Crippen LogP contribution in [0.4, 0.5) is 0 Å². The summed E-state index contributed by atoms with van der Waals surface area (Å²) in [6.07, 6.45) is 5.89. The molecule has 1 unspecified atom stereocenters. The molecule has 0 spiro atoms. The molecule has 0 aromatic carbocycles. The van der Waals surface area contributed by atoms with Crippen LogP contribution < -0.4 is 0 Å². The van der Waals surface area contributed by atoms with Crippen LogP contribution in [-0.4, -0.2) is 47.9 Å². The Labute approximate surface area is 105 Å². The number of hydrogen-bond donors (Lipinski definition) is 0. The van der Waals surface area contributed by atoms with Crippen LogP contribution in [0.15, 0.2) is 0 Å². The van der Waals surface area contributed by atoms with Crippen molar-refractivity contribution in [2.75, 3.05) is 26.2 Å². The highest BCUT2D eigenvalue weighted by molar-refractivity contribution is 5.76. The minimum absolute atomic E-state index is 0.398. The summed E-state index contributed by atoms with van der Waals surface area (Å²) in [6, 6.07) is 0.681. The van der Waals surface area contributed by atoms with Gasteiger partial charge in [-0.2, -0.15) is 0 Å². The molecule has 3 nitrogen and oxygen atoms in total. The predicted octanol–water partition coefficient (Wildman–Crippen LogP) is 2.12. The zero-order valence-electron chi connectivity index (χ0n) is 11.3. The van der Waals surface area contributed by atoms with Crippen LogP contribution in [-0.2, 0) is 4.79 Å². The number of nitrogens with zero attached hydrogens (tertiary/aromatic N) is 2. The van der Waals surface area contributed by atoms with Crippen LogP contribution in [0.2, 0.25) is 0 Å². The quantitative estimate of drug-likeness (QED) is 0.732. The molecule has 3 heteroatoms. The third-order valence-electron chi connectivity index (χ3n) is 4.16. The molecule has 1 saturated carbocycles. The molecule has 17 heavy (non-hydrogen) atoms. The van der Waals surface area contributed by atoms with Crippen molar-refractivity contribution in [1.29, 1.82) is 0 Å². The summed E-state index contributed by atoms with van der Waals surface area (Å²) >= 11 is 0. The minimum atomic E-state index is 0.398. The first-order chi connectivity index (χ1) is 8.20. The summed E-state index contributed by atoms with van der Waals surface area (Å²) in [5.41, 5.74) is 0. The highest BCUT2D eigenvalue weighted by Crippen LogP contribution is 2.33. The van der Waals surface area contributed by atoms with Crippen molar-refractivity contribution in [1.82, 2.24) is 9.80 Å². The Bertz CT molecular complexity index is 255. The summed E-state index contributed by atoms with van der Waals surface area (Å²) in [7, 11) is 0. The van der Waals surface area contributed by atoms with Crippen LogP contribution in [0.25, 0.3) is 0 Å². The molecule has 1 aliphatic carbocycles. The van der Waals surface area contributed by atoms with Crippen molar-refractivity contribution in [2.45, 2.75) is 52.0 Å². The molecule has 2 fully saturated rings. The number of carbonyl (C=O) groups is 1. The van der Waals surface area contributed by atoms with Crippen molar-refractivity contribution in [3.8, 4) is 0 Å². The van der Waals surface area contributed by atoms with E-state index in [1.807, 2.05) is 0 Å². The van der Waals surface area contributed by atoms with Gasteiger partial charge in [0, 0.05) is 38.6 Å². The Morgan fingerprint density at radius 2 is 1.88 bits per heavy atom. The molecule has 1 saturated heterocycles. The maximum absolute atomic E-state index is 12.0. The summed E-state index contributed by atoms with van der Waals surface area (Å²) in [5, 5.41) is 0. The highest BCUT2D eigenvalue weighted by atomic mass is 16.2. The van der Waals surface area contributed by atoms with Crippen molar-refractivity contribution in [2.24, 2.45) is 5.92 Å². The highest BCUT2D eigenvalue weighted by Gasteiger charge is 2.29. The minimum Gasteiger partial charge on any atom is -0.340 e. The van der Waals surface area contributed by atoms with E-state index in [2.05, 4.69) is 23.6 Å². The lowest BCUT2D eigenvalue weighted by atomic mass is 10.1. The van der Waals surface area contributed by atoms with E-state index < -0.39 is 0 Å². The summed E-state index contributed by atoms with van der Waals surface area (Å²) in [6.45, 7) is 8.57. The second-order valence-corrected chi connectivity index (χ2v) is 5.70. The maximum Gasteiger partial charge on any atom is 0.222 e. The third kappa shape index (κ3) is 3.70. The Balaban J connectivity index is 1.71. The van der Waals surface area contributed by atoms with E-state index in [1.165, 1.54) is 25.7 Å². The van der Waals surface area contributed by atoms with Gasteiger partial charge in [0.05, 0.1) is 0 Å². The Hall–Kier alpha value is -0.570.